The number of ether oxygens (including phenoxy) is 2. The van der Waals surface area contributed by atoms with Crippen LogP contribution < -0.4 is 9.47 Å². The molecule has 2 aliphatic heterocycles. The van der Waals surface area contributed by atoms with E-state index in [1.165, 1.54) is 0 Å². The maximum atomic E-state index is 13.1. The summed E-state index contributed by atoms with van der Waals surface area (Å²) in [6.45, 7) is 1.40. The second-order valence-corrected chi connectivity index (χ2v) is 7.72. The Morgan fingerprint density at radius 3 is 2.71 bits per heavy atom. The molecule has 24 heavy (non-hydrogen) atoms. The highest BCUT2D eigenvalue weighted by molar-refractivity contribution is 7.89. The highest BCUT2D eigenvalue weighted by atomic mass is 32.2. The molecular formula is C17H18N2O4S. The summed E-state index contributed by atoms with van der Waals surface area (Å²) in [6.07, 6.45) is 3.30. The van der Waals surface area contributed by atoms with Crippen molar-refractivity contribution in [3.8, 4) is 11.5 Å². The van der Waals surface area contributed by atoms with Crippen molar-refractivity contribution in [1.29, 1.82) is 0 Å². The SMILES string of the molecule is O=S(=O)(c1ccc2c(c1)OCCO2)N1CCCC1c1ccccn1. The molecule has 1 fully saturated rings. The summed E-state index contributed by atoms with van der Waals surface area (Å²) >= 11 is 0. The molecule has 0 bridgehead atoms. The quantitative estimate of drug-likeness (QED) is 0.853. The van der Waals surface area contributed by atoms with Crippen molar-refractivity contribution in [3.05, 3.63) is 48.3 Å². The van der Waals surface area contributed by atoms with Crippen LogP contribution in [0.25, 0.3) is 0 Å². The number of aromatic nitrogens is 1. The lowest BCUT2D eigenvalue weighted by molar-refractivity contribution is 0.171. The van der Waals surface area contributed by atoms with Crippen LogP contribution in [-0.4, -0.2) is 37.5 Å². The van der Waals surface area contributed by atoms with Gasteiger partial charge in [0.25, 0.3) is 0 Å². The Bertz CT molecular complexity index is 839. The first-order valence-corrected chi connectivity index (χ1v) is 9.43. The van der Waals surface area contributed by atoms with Gasteiger partial charge in [-0.25, -0.2) is 8.42 Å². The minimum Gasteiger partial charge on any atom is -0.486 e. The fourth-order valence-electron chi connectivity index (χ4n) is 3.22. The largest absolute Gasteiger partial charge is 0.486 e. The highest BCUT2D eigenvalue weighted by Gasteiger charge is 2.37. The lowest BCUT2D eigenvalue weighted by Gasteiger charge is -2.25. The van der Waals surface area contributed by atoms with E-state index in [9.17, 15) is 8.42 Å². The molecular weight excluding hydrogens is 328 g/mol. The van der Waals surface area contributed by atoms with Gasteiger partial charge in [0.05, 0.1) is 16.6 Å². The first-order valence-electron chi connectivity index (χ1n) is 7.99. The molecule has 6 nitrogen and oxygen atoms in total. The Kier molecular flexibility index (Phi) is 3.90. The van der Waals surface area contributed by atoms with Crippen molar-refractivity contribution in [1.82, 2.24) is 9.29 Å². The molecule has 1 atom stereocenters. The second kappa shape index (κ2) is 6.07. The Morgan fingerprint density at radius 1 is 1.08 bits per heavy atom. The number of sulfonamides is 1. The molecule has 2 aliphatic rings. The fraction of sp³-hybridized carbons (Fsp3) is 0.353. The van der Waals surface area contributed by atoms with Crippen LogP contribution in [0.15, 0.2) is 47.5 Å². The molecule has 0 spiro atoms. The zero-order chi connectivity index (χ0) is 16.6. The molecule has 0 aliphatic carbocycles. The van der Waals surface area contributed by atoms with Crippen LogP contribution in [0.4, 0.5) is 0 Å². The summed E-state index contributed by atoms with van der Waals surface area (Å²) < 4.78 is 38.7. The predicted octanol–water partition coefficient (Wildman–Crippen LogP) is 2.38. The number of rotatable bonds is 3. The van der Waals surface area contributed by atoms with E-state index in [2.05, 4.69) is 4.98 Å². The van der Waals surface area contributed by atoms with Crippen molar-refractivity contribution in [2.75, 3.05) is 19.8 Å². The molecule has 1 unspecified atom stereocenters. The molecule has 0 amide bonds. The van der Waals surface area contributed by atoms with Crippen molar-refractivity contribution >= 4 is 10.0 Å². The van der Waals surface area contributed by atoms with E-state index in [1.54, 1.807) is 28.7 Å². The third-order valence-corrected chi connectivity index (χ3v) is 6.26. The van der Waals surface area contributed by atoms with Crippen molar-refractivity contribution in [3.63, 3.8) is 0 Å². The monoisotopic (exact) mass is 346 g/mol. The number of hydrogen-bond acceptors (Lipinski definition) is 5. The van der Waals surface area contributed by atoms with Crippen LogP contribution in [0.3, 0.4) is 0 Å². The van der Waals surface area contributed by atoms with E-state index >= 15 is 0 Å². The number of benzene rings is 1. The minimum absolute atomic E-state index is 0.218. The van der Waals surface area contributed by atoms with Gasteiger partial charge in [0, 0.05) is 18.8 Å². The van der Waals surface area contributed by atoms with Gasteiger partial charge in [0.2, 0.25) is 10.0 Å². The molecule has 4 rings (SSSR count). The second-order valence-electron chi connectivity index (χ2n) is 5.83. The summed E-state index contributed by atoms with van der Waals surface area (Å²) in [7, 11) is -3.61. The van der Waals surface area contributed by atoms with Crippen LogP contribution in [0.5, 0.6) is 11.5 Å². The molecule has 0 saturated carbocycles. The van der Waals surface area contributed by atoms with E-state index in [4.69, 9.17) is 9.47 Å². The maximum Gasteiger partial charge on any atom is 0.243 e. The summed E-state index contributed by atoms with van der Waals surface area (Å²) in [5, 5.41) is 0. The smallest absolute Gasteiger partial charge is 0.243 e. The standard InChI is InChI=1S/C17H18N2O4S/c20-24(21,13-6-7-16-17(12-13)23-11-10-22-16)19-9-3-5-15(19)14-4-1-2-8-18-14/h1-2,4,6-8,12,15H,3,5,9-11H2. The first kappa shape index (κ1) is 15.4. The Morgan fingerprint density at radius 2 is 1.92 bits per heavy atom. The van der Waals surface area contributed by atoms with Crippen molar-refractivity contribution < 1.29 is 17.9 Å². The topological polar surface area (TPSA) is 68.7 Å². The van der Waals surface area contributed by atoms with Gasteiger partial charge in [-0.1, -0.05) is 6.07 Å². The maximum absolute atomic E-state index is 13.1. The van der Waals surface area contributed by atoms with Crippen LogP contribution in [-0.2, 0) is 10.0 Å². The first-order chi connectivity index (χ1) is 11.7. The van der Waals surface area contributed by atoms with Crippen LogP contribution in [0.1, 0.15) is 24.6 Å². The molecule has 2 aromatic rings. The molecule has 1 aromatic heterocycles. The molecule has 0 N–H and O–H groups in total. The summed E-state index contributed by atoms with van der Waals surface area (Å²) in [6, 6.07) is 10.2. The normalized spacial score (nSPS) is 20.9. The molecule has 1 saturated heterocycles. The lowest BCUT2D eigenvalue weighted by atomic mass is 10.1. The van der Waals surface area contributed by atoms with Gasteiger partial charge in [-0.2, -0.15) is 4.31 Å². The molecule has 3 heterocycles. The number of nitrogens with zero attached hydrogens (tertiary/aromatic N) is 2. The summed E-state index contributed by atoms with van der Waals surface area (Å²) in [5.41, 5.74) is 0.788. The van der Waals surface area contributed by atoms with E-state index in [0.717, 1.165) is 18.5 Å². The Hall–Kier alpha value is -2.12. The number of hydrogen-bond donors (Lipinski definition) is 0. The third-order valence-electron chi connectivity index (χ3n) is 4.35. The predicted molar refractivity (Wildman–Crippen MR) is 87.5 cm³/mol. The van der Waals surface area contributed by atoms with E-state index in [1.807, 2.05) is 18.2 Å². The zero-order valence-corrected chi connectivity index (χ0v) is 13.9. The van der Waals surface area contributed by atoms with Gasteiger partial charge in [0.1, 0.15) is 13.2 Å². The molecule has 0 radical (unpaired) electrons. The number of pyridine rings is 1. The highest BCUT2D eigenvalue weighted by Crippen LogP contribution is 2.38. The van der Waals surface area contributed by atoms with Gasteiger partial charge in [-0.05, 0) is 37.1 Å². The summed E-state index contributed by atoms with van der Waals surface area (Å²) in [4.78, 5) is 4.57. The third kappa shape index (κ3) is 2.63. The fourth-order valence-corrected chi connectivity index (χ4v) is 4.90. The molecule has 7 heteroatoms. The average Bonchev–Trinajstić information content (AvgIpc) is 3.13. The zero-order valence-electron chi connectivity index (χ0n) is 13.1. The Balaban J connectivity index is 1.69. The van der Waals surface area contributed by atoms with E-state index in [-0.39, 0.29) is 10.9 Å². The Labute approximate surface area is 141 Å². The van der Waals surface area contributed by atoms with E-state index < -0.39 is 10.0 Å². The average molecular weight is 346 g/mol. The van der Waals surface area contributed by atoms with Gasteiger partial charge in [-0.15, -0.1) is 0 Å². The van der Waals surface area contributed by atoms with Gasteiger partial charge in [0.15, 0.2) is 11.5 Å². The van der Waals surface area contributed by atoms with E-state index in [0.29, 0.717) is 31.3 Å². The van der Waals surface area contributed by atoms with Gasteiger partial charge in [-0.3, -0.25) is 4.98 Å². The minimum atomic E-state index is -3.61. The summed E-state index contributed by atoms with van der Waals surface area (Å²) in [5.74, 6) is 1.07. The number of fused-ring (bicyclic) bond motifs is 1. The van der Waals surface area contributed by atoms with Crippen LogP contribution in [0, 0.1) is 0 Å². The molecule has 126 valence electrons. The van der Waals surface area contributed by atoms with Gasteiger partial charge >= 0.3 is 0 Å². The lowest BCUT2D eigenvalue weighted by Crippen LogP contribution is -2.31. The van der Waals surface area contributed by atoms with Gasteiger partial charge < -0.3 is 9.47 Å². The molecule has 1 aromatic carbocycles. The van der Waals surface area contributed by atoms with Crippen LogP contribution in [0.2, 0.25) is 0 Å². The van der Waals surface area contributed by atoms with Crippen molar-refractivity contribution in [2.24, 2.45) is 0 Å². The van der Waals surface area contributed by atoms with Crippen LogP contribution >= 0.6 is 0 Å². The van der Waals surface area contributed by atoms with Crippen molar-refractivity contribution in [2.45, 2.75) is 23.8 Å².